The molecular weight excluding hydrogens is 1640 g/mol. The molecule has 22 N–H and O–H groups in total. The Morgan fingerprint density at radius 3 is 1.46 bits per heavy atom. The molecule has 0 heterocycles. The van der Waals surface area contributed by atoms with Crippen molar-refractivity contribution in [3.63, 3.8) is 0 Å². The van der Waals surface area contributed by atoms with E-state index in [0.29, 0.717) is 69.8 Å². The number of carboxylic acids is 1. The van der Waals surface area contributed by atoms with E-state index in [1.807, 2.05) is 6.92 Å². The van der Waals surface area contributed by atoms with Gasteiger partial charge in [-0.1, -0.05) is 122 Å². The summed E-state index contributed by atoms with van der Waals surface area (Å²) in [6.45, 7) is 20.7. The summed E-state index contributed by atoms with van der Waals surface area (Å²) >= 11 is 0. The van der Waals surface area contributed by atoms with Crippen molar-refractivity contribution < 1.29 is 111 Å². The second-order valence-corrected chi connectivity index (χ2v) is 33.3. The number of hydrogen-bond acceptors (Lipinski definition) is 20. The van der Waals surface area contributed by atoms with Gasteiger partial charge in [0.15, 0.2) is 11.6 Å². The van der Waals surface area contributed by atoms with Crippen molar-refractivity contribution in [1.29, 1.82) is 0 Å². The number of allylic oxidation sites excluding steroid dienone is 2. The molecule has 0 spiro atoms. The van der Waals surface area contributed by atoms with Crippen LogP contribution in [0, 0.1) is 23.5 Å². The molecule has 15 atom stereocenters. The second kappa shape index (κ2) is 55.1. The summed E-state index contributed by atoms with van der Waals surface area (Å²) in [7, 11) is 0. The average molecular weight is 1780 g/mol. The van der Waals surface area contributed by atoms with Gasteiger partial charge in [0.25, 0.3) is 0 Å². The molecule has 0 radical (unpaired) electrons. The molecular formula is C87H134F2N16O21. The van der Waals surface area contributed by atoms with Gasteiger partial charge in [0.1, 0.15) is 89.3 Å². The monoisotopic (exact) mass is 1780 g/mol. The van der Waals surface area contributed by atoms with Gasteiger partial charge in [0.2, 0.25) is 94.5 Å². The molecule has 1 fully saturated rings. The number of unbranched alkanes of at least 4 members (excludes halogenated alkanes) is 9. The first-order valence-corrected chi connectivity index (χ1v) is 43.1. The van der Waals surface area contributed by atoms with Crippen molar-refractivity contribution in [2.75, 3.05) is 6.61 Å². The summed E-state index contributed by atoms with van der Waals surface area (Å²) in [5, 5.41) is 77.1. The number of aromatic hydroxyl groups is 1. The number of nitrogens with one attached hydrogen (secondary N) is 14. The Morgan fingerprint density at radius 2 is 0.929 bits per heavy atom. The number of benzene rings is 2. The Morgan fingerprint density at radius 1 is 0.484 bits per heavy atom. The summed E-state index contributed by atoms with van der Waals surface area (Å²) in [4.78, 5) is 236. The van der Waals surface area contributed by atoms with Crippen molar-refractivity contribution in [3.8, 4) is 5.75 Å². The van der Waals surface area contributed by atoms with Gasteiger partial charge in [0.05, 0.1) is 12.7 Å². The minimum absolute atomic E-state index is 0.0105. The molecule has 37 nitrogen and oxygen atoms in total. The maximum atomic E-state index is 15.3. The molecule has 16 amide bonds. The van der Waals surface area contributed by atoms with Crippen LogP contribution >= 0.6 is 0 Å². The van der Waals surface area contributed by atoms with Crippen LogP contribution in [0.3, 0.4) is 0 Å². The minimum Gasteiger partial charge on any atom is -0.508 e. The van der Waals surface area contributed by atoms with Gasteiger partial charge >= 0.3 is 5.97 Å². The number of hydrogen-bond donors (Lipinski definition) is 20. The number of halogens is 2. The Labute approximate surface area is 734 Å². The highest BCUT2D eigenvalue weighted by Crippen LogP contribution is 2.31. The number of phenols is 1. The number of aliphatic hydroxyl groups excluding tert-OH is 2. The minimum atomic E-state index is -2.12. The van der Waals surface area contributed by atoms with Gasteiger partial charge in [-0.3, -0.25) is 81.5 Å². The van der Waals surface area contributed by atoms with Crippen LogP contribution in [0.2, 0.25) is 0 Å². The largest absolute Gasteiger partial charge is 0.508 e. The quantitative estimate of drug-likeness (QED) is 0.0330. The normalized spacial score (nSPS) is 15.9. The molecule has 0 aliphatic heterocycles. The van der Waals surface area contributed by atoms with Crippen LogP contribution in [-0.4, -0.2) is 217 Å². The van der Waals surface area contributed by atoms with Crippen molar-refractivity contribution in [3.05, 3.63) is 90.5 Å². The molecule has 39 heteroatoms. The molecule has 1 saturated carbocycles. The molecule has 2 aromatic carbocycles. The maximum absolute atomic E-state index is 15.3. The number of primary amides is 2. The lowest BCUT2D eigenvalue weighted by Gasteiger charge is -2.35. The Bertz CT molecular complexity index is 4060. The van der Waals surface area contributed by atoms with Crippen LogP contribution in [0.25, 0.3) is 0 Å². The number of phenolic OH excluding ortho intramolecular Hbond substituents is 1. The maximum Gasteiger partial charge on any atom is 0.303 e. The van der Waals surface area contributed by atoms with E-state index >= 15 is 19.2 Å². The van der Waals surface area contributed by atoms with Crippen molar-refractivity contribution in [2.45, 2.75) is 326 Å². The van der Waals surface area contributed by atoms with Gasteiger partial charge in [-0.05, 0) is 159 Å². The topological polar surface area (TPSA) is 592 Å². The standard InChI is InChI=1S/C87H134F2N16O21/c1-13-16-19-21-23-26-42-87(12,105-82(123)67(47-57-33-36-59(88)60(89)44-57)100-83(124)71(53(9)107)103-79(120)64(43-49(4)5)95-54(10)108)84(125)101-63(38-40-70(111)112)77(118)98-65(46-56-31-34-58(109)35-32-56)78(119)97-61(30-24-22-20-17-14-2)75(116)93-52(8)74(115)96-62(37-39-69(90)110)76(117)99-66(45-55-28-27-29-55)81(122)104-86(11,41-25-18-15-3)85(126)102-68(48-106)80(121)94-51(7)73(114)92-50(6)72(91)113/h13,15,31-36,44,49-53,55,61-68,71,106-107,109H,1,3,14,16-30,37-43,45-48H2,2,4-12H3,(H2,90,110)(H2,91,113)(H,92,114)(H,93,116)(H,94,121)(H,95,108)(H,96,115)(H,97,119)(H,98,118)(H,99,117)(H,100,124)(H,101,125)(H,102,126)(H,103,120)(H,104,122)(H,105,123)(H,111,112)/t50-,51-,52-,53+,61-,62-,63-,64-,65-,66-,67-,68-,71-,86-,87+/m0/s1. The molecule has 3 rings (SSSR count). The van der Waals surface area contributed by atoms with Gasteiger partial charge in [-0.25, -0.2) is 8.78 Å². The van der Waals surface area contributed by atoms with Crippen LogP contribution in [-0.2, 0) is 94.3 Å². The SMILES string of the molecule is C=CCCCCCC[C@@](C)(NC(=O)[C@H](Cc1ccc(F)c(F)c1)NC(=O)[C@@H](NC(=O)[C@H](CC(C)C)NC(C)=O)[C@@H](C)O)C(=O)N[C@@H](CCC(=O)O)C(=O)N[C@@H](Cc1ccc(O)cc1)C(=O)N[C@@H](CCCCCCC)C(=O)N[C@@H](C)C(=O)N[C@@H](CCC(N)=O)C(=O)N[C@@H](CC1CCC1)C(=O)N[C@@](C)(CCCC=C)C(=O)N[C@@H](CO)C(=O)N[C@@H](C)C(=O)N[C@@H](C)C(N)=O. The van der Waals surface area contributed by atoms with Crippen molar-refractivity contribution in [2.24, 2.45) is 23.3 Å². The van der Waals surface area contributed by atoms with E-state index in [2.05, 4.69) is 87.6 Å². The third-order valence-electron chi connectivity index (χ3n) is 21.6. The van der Waals surface area contributed by atoms with Crippen LogP contribution in [0.1, 0.15) is 234 Å². The molecule has 0 unspecified atom stereocenters. The number of carbonyl (C=O) groups excluding carboxylic acids is 16. The Kier molecular flexibility index (Phi) is 47.5. The van der Waals surface area contributed by atoms with Gasteiger partial charge in [0, 0.05) is 32.6 Å². The second-order valence-electron chi connectivity index (χ2n) is 33.3. The Balaban J connectivity index is 2.10. The van der Waals surface area contributed by atoms with Gasteiger partial charge in [-0.15, -0.1) is 13.2 Å². The van der Waals surface area contributed by atoms with Crippen molar-refractivity contribution >= 4 is 100 Å². The molecule has 0 aromatic heterocycles. The number of amides is 16. The highest BCUT2D eigenvalue weighted by atomic mass is 19.2. The van der Waals surface area contributed by atoms with E-state index in [9.17, 15) is 91.5 Å². The zero-order valence-electron chi connectivity index (χ0n) is 74.0. The summed E-state index contributed by atoms with van der Waals surface area (Å²) in [6.07, 6.45) is 6.19. The van der Waals surface area contributed by atoms with E-state index in [4.69, 9.17) is 11.5 Å². The molecule has 0 bridgehead atoms. The molecule has 702 valence electrons. The van der Waals surface area contributed by atoms with Crippen LogP contribution in [0.15, 0.2) is 67.8 Å². The third-order valence-corrected chi connectivity index (χ3v) is 21.6. The van der Waals surface area contributed by atoms with E-state index in [-0.39, 0.29) is 68.1 Å². The fourth-order valence-corrected chi connectivity index (χ4v) is 13.7. The first-order valence-electron chi connectivity index (χ1n) is 43.1. The predicted molar refractivity (Wildman–Crippen MR) is 461 cm³/mol. The molecule has 1 aliphatic carbocycles. The summed E-state index contributed by atoms with van der Waals surface area (Å²) in [5.41, 5.74) is 7.06. The summed E-state index contributed by atoms with van der Waals surface area (Å²) in [5.74, 6) is -20.1. The molecule has 2 aromatic rings. The van der Waals surface area contributed by atoms with Gasteiger partial charge in [-0.2, -0.15) is 0 Å². The van der Waals surface area contributed by atoms with Crippen LogP contribution in [0.5, 0.6) is 5.75 Å². The number of aliphatic hydroxyl groups is 2. The molecule has 0 saturated heterocycles. The van der Waals surface area contributed by atoms with E-state index in [1.54, 1.807) is 26.0 Å². The number of carboxylic acid groups (broad SMARTS) is 1. The summed E-state index contributed by atoms with van der Waals surface area (Å²) in [6, 6.07) is -10.7. The number of nitrogens with two attached hydrogens (primary N) is 2. The number of rotatable bonds is 61. The fourth-order valence-electron chi connectivity index (χ4n) is 13.7. The van der Waals surface area contributed by atoms with E-state index < -0.39 is 247 Å². The van der Waals surface area contributed by atoms with Crippen LogP contribution in [0.4, 0.5) is 8.78 Å². The first-order chi connectivity index (χ1) is 59.3. The molecule has 126 heavy (non-hydrogen) atoms. The van der Waals surface area contributed by atoms with Gasteiger partial charge < -0.3 is 106 Å². The van der Waals surface area contributed by atoms with Crippen LogP contribution < -0.4 is 85.9 Å². The van der Waals surface area contributed by atoms with E-state index in [0.717, 1.165) is 44.4 Å². The lowest BCUT2D eigenvalue weighted by molar-refractivity contribution is -0.140. The van der Waals surface area contributed by atoms with E-state index in [1.165, 1.54) is 65.8 Å². The average Bonchev–Trinajstić information content (AvgIpc) is 0.818. The predicted octanol–water partition coefficient (Wildman–Crippen LogP) is 1.57. The highest BCUT2D eigenvalue weighted by molar-refractivity contribution is 6.02. The number of aliphatic carboxylic acids is 1. The lowest BCUT2D eigenvalue weighted by Crippen LogP contribution is -2.65. The molecule has 1 aliphatic rings. The highest BCUT2D eigenvalue weighted by Gasteiger charge is 2.44. The zero-order chi connectivity index (χ0) is 94.7. The summed E-state index contributed by atoms with van der Waals surface area (Å²) < 4.78 is 29.3. The number of carbonyl (C=O) groups is 17. The third kappa shape index (κ3) is 38.9. The fraction of sp³-hybridized carbons (Fsp3) is 0.621. The lowest BCUT2D eigenvalue weighted by atomic mass is 9.80. The van der Waals surface area contributed by atoms with Crippen molar-refractivity contribution in [1.82, 2.24) is 74.4 Å². The Hall–Kier alpha value is -11.5. The zero-order valence-corrected chi connectivity index (χ0v) is 74.0. The smallest absolute Gasteiger partial charge is 0.303 e. The first kappa shape index (κ1) is 109.